The van der Waals surface area contributed by atoms with Crippen molar-refractivity contribution in [2.45, 2.75) is 45.4 Å². The fourth-order valence-corrected chi connectivity index (χ4v) is 3.64. The van der Waals surface area contributed by atoms with E-state index in [1.54, 1.807) is 0 Å². The lowest BCUT2D eigenvalue weighted by molar-refractivity contribution is 0.103. The van der Waals surface area contributed by atoms with E-state index in [0.717, 1.165) is 21.2 Å². The first-order valence-electron chi connectivity index (χ1n) is 8.28. The van der Waals surface area contributed by atoms with Crippen LogP contribution in [0.5, 0.6) is 0 Å². The number of benzene rings is 2. The van der Waals surface area contributed by atoms with Gasteiger partial charge in [-0.25, -0.2) is 0 Å². The van der Waals surface area contributed by atoms with Crippen LogP contribution in [0, 0.1) is 6.92 Å². The molecular formula is C22H23BrO. The predicted molar refractivity (Wildman–Crippen MR) is 104 cm³/mol. The highest BCUT2D eigenvalue weighted by molar-refractivity contribution is 9.10. The van der Waals surface area contributed by atoms with E-state index >= 15 is 0 Å². The zero-order valence-corrected chi connectivity index (χ0v) is 16.5. The lowest BCUT2D eigenvalue weighted by atomic mass is 9.67. The SMILES string of the molecule is Cc1cc2c(cc1C(=O)c1ccc(Br)cc1)C(C)(C)C=CC2(C)C. The van der Waals surface area contributed by atoms with Gasteiger partial charge in [0.15, 0.2) is 5.78 Å². The molecule has 0 aromatic heterocycles. The highest BCUT2D eigenvalue weighted by atomic mass is 79.9. The van der Waals surface area contributed by atoms with E-state index in [2.05, 4.69) is 67.9 Å². The molecule has 0 saturated heterocycles. The number of carbonyl (C=O) groups excluding carboxylic acids is 1. The number of rotatable bonds is 2. The first-order chi connectivity index (χ1) is 11.1. The number of hydrogen-bond acceptors (Lipinski definition) is 1. The van der Waals surface area contributed by atoms with Crippen LogP contribution in [-0.4, -0.2) is 5.78 Å². The van der Waals surface area contributed by atoms with E-state index in [1.807, 2.05) is 31.2 Å². The van der Waals surface area contributed by atoms with Crippen molar-refractivity contribution < 1.29 is 4.79 Å². The van der Waals surface area contributed by atoms with E-state index in [4.69, 9.17) is 0 Å². The second-order valence-electron chi connectivity index (χ2n) is 7.83. The predicted octanol–water partition coefficient (Wildman–Crippen LogP) is 6.11. The van der Waals surface area contributed by atoms with Gasteiger partial charge in [-0.2, -0.15) is 0 Å². The molecule has 124 valence electrons. The van der Waals surface area contributed by atoms with Crippen LogP contribution in [0.2, 0.25) is 0 Å². The van der Waals surface area contributed by atoms with Gasteiger partial charge in [-0.15, -0.1) is 0 Å². The fraction of sp³-hybridized carbons (Fsp3) is 0.318. The molecule has 0 unspecified atom stereocenters. The number of hydrogen-bond donors (Lipinski definition) is 0. The molecule has 0 radical (unpaired) electrons. The van der Waals surface area contributed by atoms with E-state index in [1.165, 1.54) is 11.1 Å². The smallest absolute Gasteiger partial charge is 0.193 e. The van der Waals surface area contributed by atoms with Gasteiger partial charge in [-0.1, -0.05) is 61.8 Å². The van der Waals surface area contributed by atoms with Crippen molar-refractivity contribution in [1.82, 2.24) is 0 Å². The molecule has 0 spiro atoms. The molecule has 2 aromatic carbocycles. The lowest BCUT2D eigenvalue weighted by Crippen LogP contribution is -2.29. The molecule has 1 aliphatic carbocycles. The van der Waals surface area contributed by atoms with Gasteiger partial charge in [-0.05, 0) is 53.9 Å². The van der Waals surface area contributed by atoms with Crippen LogP contribution < -0.4 is 0 Å². The topological polar surface area (TPSA) is 17.1 Å². The average Bonchev–Trinajstić information content (AvgIpc) is 2.52. The monoisotopic (exact) mass is 382 g/mol. The zero-order valence-electron chi connectivity index (χ0n) is 14.9. The summed E-state index contributed by atoms with van der Waals surface area (Å²) in [5.74, 6) is 0.0889. The van der Waals surface area contributed by atoms with Gasteiger partial charge in [0.25, 0.3) is 0 Å². The Labute approximate surface area is 152 Å². The summed E-state index contributed by atoms with van der Waals surface area (Å²) in [6, 6.07) is 11.9. The Morgan fingerprint density at radius 3 is 1.92 bits per heavy atom. The third kappa shape index (κ3) is 2.88. The molecule has 0 aliphatic heterocycles. The Morgan fingerprint density at radius 1 is 0.875 bits per heavy atom. The van der Waals surface area contributed by atoms with E-state index in [-0.39, 0.29) is 16.6 Å². The first kappa shape index (κ1) is 17.2. The summed E-state index contributed by atoms with van der Waals surface area (Å²) in [7, 11) is 0. The van der Waals surface area contributed by atoms with Crippen LogP contribution in [0.15, 0.2) is 53.0 Å². The zero-order chi connectivity index (χ0) is 17.7. The molecule has 2 aromatic rings. The van der Waals surface area contributed by atoms with Crippen molar-refractivity contribution in [3.05, 3.63) is 80.8 Å². The maximum absolute atomic E-state index is 13.0. The quantitative estimate of drug-likeness (QED) is 0.451. The summed E-state index contributed by atoms with van der Waals surface area (Å²) in [4.78, 5) is 13.0. The highest BCUT2D eigenvalue weighted by Gasteiger charge is 2.33. The van der Waals surface area contributed by atoms with E-state index in [9.17, 15) is 4.79 Å². The minimum atomic E-state index is -0.0622. The third-order valence-electron chi connectivity index (χ3n) is 5.02. The van der Waals surface area contributed by atoms with Crippen molar-refractivity contribution in [2.24, 2.45) is 0 Å². The van der Waals surface area contributed by atoms with Crippen molar-refractivity contribution in [1.29, 1.82) is 0 Å². The van der Waals surface area contributed by atoms with E-state index in [0.29, 0.717) is 0 Å². The van der Waals surface area contributed by atoms with Gasteiger partial charge < -0.3 is 0 Å². The van der Waals surface area contributed by atoms with Crippen LogP contribution >= 0.6 is 15.9 Å². The van der Waals surface area contributed by atoms with Gasteiger partial charge in [-0.3, -0.25) is 4.79 Å². The van der Waals surface area contributed by atoms with Crippen LogP contribution in [0.25, 0.3) is 0 Å². The molecule has 1 aliphatic rings. The van der Waals surface area contributed by atoms with Crippen molar-refractivity contribution >= 4 is 21.7 Å². The number of carbonyl (C=O) groups is 1. The van der Waals surface area contributed by atoms with Crippen LogP contribution in [-0.2, 0) is 10.8 Å². The minimum Gasteiger partial charge on any atom is -0.289 e. The second kappa shape index (κ2) is 5.70. The van der Waals surface area contributed by atoms with Gasteiger partial charge >= 0.3 is 0 Å². The standard InChI is InChI=1S/C22H23BrO/c1-14-12-18-19(22(4,5)11-10-21(18,2)3)13-17(14)20(24)15-6-8-16(23)9-7-15/h6-13H,1-5H3. The number of aryl methyl sites for hydroxylation is 1. The Kier molecular flexibility index (Phi) is 4.08. The molecule has 1 nitrogen and oxygen atoms in total. The molecule has 0 amide bonds. The molecular weight excluding hydrogens is 360 g/mol. The maximum atomic E-state index is 13.0. The molecule has 2 heteroatoms. The molecule has 0 atom stereocenters. The molecule has 0 saturated carbocycles. The van der Waals surface area contributed by atoms with Gasteiger partial charge in [0.05, 0.1) is 0 Å². The lowest BCUT2D eigenvalue weighted by Gasteiger charge is -2.37. The number of fused-ring (bicyclic) bond motifs is 1. The first-order valence-corrected chi connectivity index (χ1v) is 9.07. The fourth-order valence-electron chi connectivity index (χ4n) is 3.37. The summed E-state index contributed by atoms with van der Waals surface area (Å²) < 4.78 is 0.981. The number of halogens is 1. The Bertz CT molecular complexity index is 839. The van der Waals surface area contributed by atoms with Crippen molar-refractivity contribution in [3.63, 3.8) is 0 Å². The van der Waals surface area contributed by atoms with Gasteiger partial charge in [0, 0.05) is 26.4 Å². The van der Waals surface area contributed by atoms with Gasteiger partial charge in [0.1, 0.15) is 0 Å². The third-order valence-corrected chi connectivity index (χ3v) is 5.55. The molecule has 3 rings (SSSR count). The largest absolute Gasteiger partial charge is 0.289 e. The highest BCUT2D eigenvalue weighted by Crippen LogP contribution is 2.42. The Hall–Kier alpha value is -1.67. The maximum Gasteiger partial charge on any atom is 0.193 e. The summed E-state index contributed by atoms with van der Waals surface area (Å²) in [6.07, 6.45) is 4.55. The molecule has 0 heterocycles. The summed E-state index contributed by atoms with van der Waals surface area (Å²) in [5, 5.41) is 0. The molecule has 0 bridgehead atoms. The summed E-state index contributed by atoms with van der Waals surface area (Å²) in [5.41, 5.74) is 5.07. The summed E-state index contributed by atoms with van der Waals surface area (Å²) >= 11 is 3.42. The molecule has 24 heavy (non-hydrogen) atoms. The Morgan fingerprint density at radius 2 is 1.38 bits per heavy atom. The minimum absolute atomic E-state index is 0.00516. The van der Waals surface area contributed by atoms with Crippen LogP contribution in [0.4, 0.5) is 0 Å². The molecule has 0 N–H and O–H groups in total. The van der Waals surface area contributed by atoms with Crippen LogP contribution in [0.1, 0.15) is 60.3 Å². The Balaban J connectivity index is 2.15. The van der Waals surface area contributed by atoms with Crippen molar-refractivity contribution in [2.75, 3.05) is 0 Å². The second-order valence-corrected chi connectivity index (χ2v) is 8.74. The average molecular weight is 383 g/mol. The van der Waals surface area contributed by atoms with Gasteiger partial charge in [0.2, 0.25) is 0 Å². The normalized spacial score (nSPS) is 17.4. The summed E-state index contributed by atoms with van der Waals surface area (Å²) in [6.45, 7) is 10.9. The van der Waals surface area contributed by atoms with Crippen LogP contribution in [0.3, 0.4) is 0 Å². The number of allylic oxidation sites excluding steroid dienone is 2. The van der Waals surface area contributed by atoms with Crippen molar-refractivity contribution in [3.8, 4) is 0 Å². The van der Waals surface area contributed by atoms with E-state index < -0.39 is 0 Å². The number of ketones is 1. The molecule has 0 fully saturated rings.